The first-order valence-corrected chi connectivity index (χ1v) is 4.73. The lowest BCUT2D eigenvalue weighted by Gasteiger charge is -2.09. The van der Waals surface area contributed by atoms with Crippen LogP contribution in [-0.4, -0.2) is 23.1 Å². The van der Waals surface area contributed by atoms with Crippen LogP contribution in [0, 0.1) is 0 Å². The van der Waals surface area contributed by atoms with Crippen LogP contribution in [0.2, 0.25) is 0 Å². The molecule has 1 aromatic carbocycles. The highest BCUT2D eigenvalue weighted by Crippen LogP contribution is 2.33. The zero-order valence-electron chi connectivity index (χ0n) is 8.78. The van der Waals surface area contributed by atoms with Gasteiger partial charge < -0.3 is 14.9 Å². The number of hydrogen-bond donors (Lipinski definition) is 2. The summed E-state index contributed by atoms with van der Waals surface area (Å²) in [6, 6.07) is 2.44. The Balaban J connectivity index is 3.20. The molecule has 1 rings (SSSR count). The Morgan fingerprint density at radius 2 is 2.07 bits per heavy atom. The van der Waals surface area contributed by atoms with Crippen LogP contribution >= 0.6 is 0 Å². The van der Waals surface area contributed by atoms with Crippen LogP contribution in [0.1, 0.15) is 30.1 Å². The van der Waals surface area contributed by atoms with Gasteiger partial charge in [-0.1, -0.05) is 6.92 Å². The van der Waals surface area contributed by atoms with E-state index in [2.05, 4.69) is 0 Å². The van der Waals surface area contributed by atoms with Gasteiger partial charge in [0.2, 0.25) is 0 Å². The molecule has 0 saturated heterocycles. The first-order valence-electron chi connectivity index (χ1n) is 4.73. The molecule has 82 valence electrons. The molecular formula is C11H14O4. The van der Waals surface area contributed by atoms with Crippen molar-refractivity contribution in [2.45, 2.75) is 19.8 Å². The monoisotopic (exact) mass is 210 g/mol. The molecule has 0 spiro atoms. The fourth-order valence-electron chi connectivity index (χ4n) is 1.38. The first kappa shape index (κ1) is 11.4. The molecule has 2 N–H and O–H groups in total. The Bertz CT molecular complexity index is 371. The Hall–Kier alpha value is -1.71. The number of rotatable bonds is 4. The van der Waals surface area contributed by atoms with Crippen molar-refractivity contribution in [1.29, 1.82) is 0 Å². The summed E-state index contributed by atoms with van der Waals surface area (Å²) in [4.78, 5) is 11.6. The summed E-state index contributed by atoms with van der Waals surface area (Å²) in [5.41, 5.74) is 0.136. The molecule has 15 heavy (non-hydrogen) atoms. The largest absolute Gasteiger partial charge is 0.508 e. The third kappa shape index (κ3) is 2.40. The third-order valence-corrected chi connectivity index (χ3v) is 2.04. The van der Waals surface area contributed by atoms with Gasteiger partial charge in [0.25, 0.3) is 0 Å². The number of phenolic OH excluding ortho intramolecular Hbond substituents is 2. The minimum absolute atomic E-state index is 0.127. The normalized spacial score (nSPS) is 10.0. The molecule has 0 aliphatic heterocycles. The topological polar surface area (TPSA) is 66.8 Å². The van der Waals surface area contributed by atoms with Gasteiger partial charge in [-0.05, 0) is 6.42 Å². The van der Waals surface area contributed by atoms with Gasteiger partial charge in [-0.3, -0.25) is 4.79 Å². The summed E-state index contributed by atoms with van der Waals surface area (Å²) in [7, 11) is 1.39. The number of ketones is 1. The number of methoxy groups -OCH3 is 1. The van der Waals surface area contributed by atoms with E-state index in [1.165, 1.54) is 13.2 Å². The van der Waals surface area contributed by atoms with Gasteiger partial charge in [0.15, 0.2) is 5.78 Å². The second-order valence-electron chi connectivity index (χ2n) is 3.22. The Morgan fingerprint density at radius 1 is 1.40 bits per heavy atom. The van der Waals surface area contributed by atoms with Crippen LogP contribution in [0.3, 0.4) is 0 Å². The maximum atomic E-state index is 11.6. The van der Waals surface area contributed by atoms with Crippen LogP contribution < -0.4 is 4.74 Å². The minimum Gasteiger partial charge on any atom is -0.508 e. The number of hydrogen-bond acceptors (Lipinski definition) is 4. The first-order chi connectivity index (χ1) is 7.10. The van der Waals surface area contributed by atoms with Crippen molar-refractivity contribution in [2.75, 3.05) is 7.11 Å². The van der Waals surface area contributed by atoms with Crippen LogP contribution in [0.5, 0.6) is 17.2 Å². The fraction of sp³-hybridized carbons (Fsp3) is 0.364. The SMILES string of the molecule is CCCC(=O)c1c(O)cc(O)cc1OC. The number of phenols is 2. The van der Waals surface area contributed by atoms with Crippen LogP contribution in [0.15, 0.2) is 12.1 Å². The molecule has 0 fully saturated rings. The predicted molar refractivity (Wildman–Crippen MR) is 55.6 cm³/mol. The number of Topliss-reactive ketones (excluding diaryl/α,β-unsaturated/α-hetero) is 1. The fourth-order valence-corrected chi connectivity index (χ4v) is 1.38. The average Bonchev–Trinajstić information content (AvgIpc) is 2.16. The number of benzene rings is 1. The van der Waals surface area contributed by atoms with E-state index in [1.54, 1.807) is 0 Å². The molecule has 4 nitrogen and oxygen atoms in total. The summed E-state index contributed by atoms with van der Waals surface area (Å²) in [5.74, 6) is -0.361. The Labute approximate surface area is 88.1 Å². The maximum absolute atomic E-state index is 11.6. The number of carbonyl (C=O) groups excluding carboxylic acids is 1. The molecule has 0 bridgehead atoms. The number of aromatic hydroxyl groups is 2. The van der Waals surface area contributed by atoms with Crippen molar-refractivity contribution < 1.29 is 19.7 Å². The second-order valence-corrected chi connectivity index (χ2v) is 3.22. The molecule has 0 unspecified atom stereocenters. The van der Waals surface area contributed by atoms with E-state index in [9.17, 15) is 15.0 Å². The van der Waals surface area contributed by atoms with E-state index < -0.39 is 0 Å². The van der Waals surface area contributed by atoms with Gasteiger partial charge in [-0.15, -0.1) is 0 Å². The smallest absolute Gasteiger partial charge is 0.170 e. The van der Waals surface area contributed by atoms with E-state index in [4.69, 9.17) is 4.74 Å². The molecule has 0 heterocycles. The standard InChI is InChI=1S/C11H14O4/c1-3-4-8(13)11-9(14)5-7(12)6-10(11)15-2/h5-6,12,14H,3-4H2,1-2H3. The molecule has 0 aromatic heterocycles. The molecule has 0 aliphatic rings. The number of carbonyl (C=O) groups is 1. The van der Waals surface area contributed by atoms with Gasteiger partial charge in [0, 0.05) is 18.6 Å². The zero-order chi connectivity index (χ0) is 11.4. The van der Waals surface area contributed by atoms with Gasteiger partial charge in [0.05, 0.1) is 7.11 Å². The van der Waals surface area contributed by atoms with Gasteiger partial charge in [0.1, 0.15) is 22.8 Å². The Kier molecular flexibility index (Phi) is 3.55. The molecule has 0 atom stereocenters. The quantitative estimate of drug-likeness (QED) is 0.747. The highest BCUT2D eigenvalue weighted by molar-refractivity contribution is 6.01. The van der Waals surface area contributed by atoms with Crippen LogP contribution in [0.25, 0.3) is 0 Å². The summed E-state index contributed by atoms with van der Waals surface area (Å²) < 4.78 is 4.93. The second kappa shape index (κ2) is 4.68. The average molecular weight is 210 g/mol. The van der Waals surface area contributed by atoms with Crippen LogP contribution in [0.4, 0.5) is 0 Å². The van der Waals surface area contributed by atoms with Gasteiger partial charge in [-0.25, -0.2) is 0 Å². The summed E-state index contributed by atoms with van der Waals surface area (Å²) in [5, 5.41) is 18.7. The molecule has 0 saturated carbocycles. The van der Waals surface area contributed by atoms with Crippen molar-refractivity contribution in [3.05, 3.63) is 17.7 Å². The summed E-state index contributed by atoms with van der Waals surface area (Å²) in [6.07, 6.45) is 1.04. The molecule has 4 heteroatoms. The van der Waals surface area contributed by atoms with E-state index >= 15 is 0 Å². The molecule has 0 amide bonds. The van der Waals surface area contributed by atoms with Crippen molar-refractivity contribution >= 4 is 5.78 Å². The summed E-state index contributed by atoms with van der Waals surface area (Å²) in [6.45, 7) is 1.88. The summed E-state index contributed by atoms with van der Waals surface area (Å²) >= 11 is 0. The molecule has 0 radical (unpaired) electrons. The van der Waals surface area contributed by atoms with E-state index in [0.29, 0.717) is 12.8 Å². The number of ether oxygens (including phenoxy) is 1. The maximum Gasteiger partial charge on any atom is 0.170 e. The van der Waals surface area contributed by atoms with Gasteiger partial charge >= 0.3 is 0 Å². The van der Waals surface area contributed by atoms with Crippen molar-refractivity contribution in [3.8, 4) is 17.2 Å². The van der Waals surface area contributed by atoms with Crippen LogP contribution in [-0.2, 0) is 0 Å². The minimum atomic E-state index is -0.245. The predicted octanol–water partition coefficient (Wildman–Crippen LogP) is 2.09. The van der Waals surface area contributed by atoms with E-state index in [0.717, 1.165) is 6.07 Å². The van der Waals surface area contributed by atoms with E-state index in [1.807, 2.05) is 6.92 Å². The van der Waals surface area contributed by atoms with Crippen molar-refractivity contribution in [1.82, 2.24) is 0 Å². The molecular weight excluding hydrogens is 196 g/mol. The van der Waals surface area contributed by atoms with Crippen molar-refractivity contribution in [3.63, 3.8) is 0 Å². The highest BCUT2D eigenvalue weighted by Gasteiger charge is 2.17. The molecule has 1 aromatic rings. The van der Waals surface area contributed by atoms with E-state index in [-0.39, 0.29) is 28.6 Å². The lowest BCUT2D eigenvalue weighted by molar-refractivity contribution is 0.0976. The lowest BCUT2D eigenvalue weighted by Crippen LogP contribution is -2.02. The molecule has 0 aliphatic carbocycles. The lowest BCUT2D eigenvalue weighted by atomic mass is 10.0. The van der Waals surface area contributed by atoms with Gasteiger partial charge in [-0.2, -0.15) is 0 Å². The highest BCUT2D eigenvalue weighted by atomic mass is 16.5. The zero-order valence-corrected chi connectivity index (χ0v) is 8.78. The third-order valence-electron chi connectivity index (χ3n) is 2.04. The Morgan fingerprint density at radius 3 is 2.60 bits per heavy atom. The van der Waals surface area contributed by atoms with Crippen molar-refractivity contribution in [2.24, 2.45) is 0 Å².